The molecule has 2 amide bonds. The minimum Gasteiger partial charge on any atom is -0.309 e. The molecule has 3 heterocycles. The fourth-order valence-electron chi connectivity index (χ4n) is 3.59. The van der Waals surface area contributed by atoms with Crippen molar-refractivity contribution in [2.75, 3.05) is 18.0 Å². The van der Waals surface area contributed by atoms with Gasteiger partial charge in [0.1, 0.15) is 6.17 Å². The quantitative estimate of drug-likeness (QED) is 0.501. The predicted molar refractivity (Wildman–Crippen MR) is 106 cm³/mol. The molecule has 2 aromatic rings. The van der Waals surface area contributed by atoms with Crippen LogP contribution < -0.4 is 4.90 Å². The van der Waals surface area contributed by atoms with Gasteiger partial charge >= 0.3 is 18.4 Å². The number of alkyl halides is 7. The van der Waals surface area contributed by atoms with Crippen LogP contribution in [0.25, 0.3) is 0 Å². The van der Waals surface area contributed by atoms with E-state index in [1.54, 1.807) is 0 Å². The van der Waals surface area contributed by atoms with Crippen LogP contribution in [0.2, 0.25) is 0 Å². The van der Waals surface area contributed by atoms with Crippen LogP contribution in [0.15, 0.2) is 30.6 Å². The van der Waals surface area contributed by atoms with E-state index in [0.29, 0.717) is 23.2 Å². The topological polar surface area (TPSA) is 66.4 Å². The molecule has 6 nitrogen and oxygen atoms in total. The second-order valence-electron chi connectivity index (χ2n) is 7.79. The molecule has 0 spiro atoms. The van der Waals surface area contributed by atoms with Gasteiger partial charge in [-0.1, -0.05) is 6.92 Å². The number of aromatic nitrogens is 2. The Morgan fingerprint density at radius 3 is 2.34 bits per heavy atom. The Labute approximate surface area is 193 Å². The molecule has 0 bridgehead atoms. The fourth-order valence-corrected chi connectivity index (χ4v) is 3.59. The summed E-state index contributed by atoms with van der Waals surface area (Å²) >= 11 is 0. The molecule has 0 radical (unpaired) electrons. The van der Waals surface area contributed by atoms with Gasteiger partial charge in [0, 0.05) is 18.1 Å². The third-order valence-electron chi connectivity index (χ3n) is 5.33. The van der Waals surface area contributed by atoms with Gasteiger partial charge in [0.2, 0.25) is 0 Å². The molecule has 0 aromatic carbocycles. The molecule has 2 atom stereocenters. The van der Waals surface area contributed by atoms with E-state index in [9.17, 15) is 44.7 Å². The summed E-state index contributed by atoms with van der Waals surface area (Å²) in [5, 5.41) is 0. The number of hydrogen-bond acceptors (Lipinski definition) is 4. The van der Waals surface area contributed by atoms with E-state index >= 15 is 0 Å². The molecule has 190 valence electrons. The van der Waals surface area contributed by atoms with Crippen LogP contribution in [0.1, 0.15) is 30.2 Å². The van der Waals surface area contributed by atoms with E-state index in [-0.39, 0.29) is 18.2 Å². The molecule has 0 unspecified atom stereocenters. The van der Waals surface area contributed by atoms with Crippen LogP contribution in [0, 0.1) is 5.82 Å². The van der Waals surface area contributed by atoms with Crippen LogP contribution >= 0.6 is 0 Å². The molecule has 1 fully saturated rings. The van der Waals surface area contributed by atoms with Gasteiger partial charge in [0.15, 0.2) is 17.4 Å². The number of amides is 2. The van der Waals surface area contributed by atoms with Gasteiger partial charge in [-0.25, -0.2) is 18.6 Å². The van der Waals surface area contributed by atoms with Crippen molar-refractivity contribution in [1.29, 1.82) is 0 Å². The SMILES string of the molecule is CC[C@H](F)[C@H]1CN(c2ncc(C(F)(F)F)cc2F)C(=O)N1CC(=O)Cc1cc(C(F)(F)F)ccn1. The van der Waals surface area contributed by atoms with Crippen LogP contribution in [-0.2, 0) is 23.6 Å². The van der Waals surface area contributed by atoms with Crippen molar-refractivity contribution in [3.05, 3.63) is 53.2 Å². The van der Waals surface area contributed by atoms with Gasteiger partial charge in [-0.15, -0.1) is 0 Å². The highest BCUT2D eigenvalue weighted by atomic mass is 19.4. The number of carbonyl (C=O) groups is 2. The molecule has 2 aromatic heterocycles. The lowest BCUT2D eigenvalue weighted by molar-refractivity contribution is -0.138. The zero-order chi connectivity index (χ0) is 26.1. The summed E-state index contributed by atoms with van der Waals surface area (Å²) in [6.07, 6.45) is -10.7. The van der Waals surface area contributed by atoms with Crippen molar-refractivity contribution >= 4 is 17.6 Å². The number of pyridine rings is 2. The summed E-state index contributed by atoms with van der Waals surface area (Å²) in [6.45, 7) is 0.208. The molecule has 0 saturated carbocycles. The number of nitrogens with zero attached hydrogens (tertiary/aromatic N) is 4. The molecule has 0 aliphatic carbocycles. The van der Waals surface area contributed by atoms with Gasteiger partial charge in [0.25, 0.3) is 0 Å². The van der Waals surface area contributed by atoms with E-state index in [1.807, 2.05) is 0 Å². The van der Waals surface area contributed by atoms with Crippen LogP contribution in [0.4, 0.5) is 45.7 Å². The Balaban J connectivity index is 1.82. The maximum absolute atomic E-state index is 14.6. The molecular weight excluding hydrogens is 492 g/mol. The van der Waals surface area contributed by atoms with Gasteiger partial charge < -0.3 is 4.90 Å². The molecule has 1 saturated heterocycles. The van der Waals surface area contributed by atoms with E-state index < -0.39 is 78.7 Å². The molecular formula is C21H18F8N4O2. The van der Waals surface area contributed by atoms with Crippen molar-refractivity contribution < 1.29 is 44.7 Å². The van der Waals surface area contributed by atoms with Gasteiger partial charge in [0.05, 0.1) is 36.7 Å². The first kappa shape index (κ1) is 26.3. The summed E-state index contributed by atoms with van der Waals surface area (Å²) in [5.41, 5.74) is -2.65. The lowest BCUT2D eigenvalue weighted by Crippen LogP contribution is -2.43. The Morgan fingerprint density at radius 1 is 1.11 bits per heavy atom. The number of ketones is 1. The number of halogens is 8. The normalized spacial score (nSPS) is 17.7. The van der Waals surface area contributed by atoms with Gasteiger partial charge in [-0.2, -0.15) is 26.3 Å². The first-order chi connectivity index (χ1) is 16.2. The van der Waals surface area contributed by atoms with E-state index in [0.717, 1.165) is 11.1 Å². The highest BCUT2D eigenvalue weighted by molar-refractivity contribution is 5.97. The minimum absolute atomic E-state index is 0.103. The second-order valence-corrected chi connectivity index (χ2v) is 7.79. The number of Topliss-reactive ketones (excluding diaryl/α,β-unsaturated/α-hetero) is 1. The van der Waals surface area contributed by atoms with Crippen molar-refractivity contribution in [2.24, 2.45) is 0 Å². The third-order valence-corrected chi connectivity index (χ3v) is 5.33. The lowest BCUT2D eigenvalue weighted by Gasteiger charge is -2.24. The molecule has 0 N–H and O–H groups in total. The Bertz CT molecular complexity index is 1110. The monoisotopic (exact) mass is 510 g/mol. The van der Waals surface area contributed by atoms with Crippen molar-refractivity contribution in [3.8, 4) is 0 Å². The first-order valence-corrected chi connectivity index (χ1v) is 10.2. The van der Waals surface area contributed by atoms with Crippen molar-refractivity contribution in [3.63, 3.8) is 0 Å². The summed E-state index contributed by atoms with van der Waals surface area (Å²) in [4.78, 5) is 33.9. The Hall–Kier alpha value is -3.32. The largest absolute Gasteiger partial charge is 0.417 e. The van der Waals surface area contributed by atoms with Crippen molar-refractivity contribution in [1.82, 2.24) is 14.9 Å². The van der Waals surface area contributed by atoms with Crippen LogP contribution in [0.3, 0.4) is 0 Å². The van der Waals surface area contributed by atoms with E-state index in [2.05, 4.69) is 9.97 Å². The standard InChI is InChI=1S/C21H18F8N4O2/c1-2-15(22)17-10-33(18-16(23)6-12(8-31-18)21(27,28)29)19(35)32(17)9-14(34)7-13-5-11(3-4-30-13)20(24,25)26/h3-6,8,15,17H,2,7,9-10H2,1H3/t15-,17+/m0/s1. The van der Waals surface area contributed by atoms with E-state index in [4.69, 9.17) is 0 Å². The zero-order valence-electron chi connectivity index (χ0n) is 18.0. The van der Waals surface area contributed by atoms with Gasteiger partial charge in [-0.05, 0) is 24.6 Å². The summed E-state index contributed by atoms with van der Waals surface area (Å²) in [6, 6.07) is -0.826. The van der Waals surface area contributed by atoms with Crippen LogP contribution in [0.5, 0.6) is 0 Å². The fraction of sp³-hybridized carbons (Fsp3) is 0.429. The minimum atomic E-state index is -4.88. The lowest BCUT2D eigenvalue weighted by atomic mass is 10.1. The highest BCUT2D eigenvalue weighted by Crippen LogP contribution is 2.33. The molecule has 1 aliphatic heterocycles. The number of anilines is 1. The summed E-state index contributed by atoms with van der Waals surface area (Å²) in [5.74, 6) is -3.02. The predicted octanol–water partition coefficient (Wildman–Crippen LogP) is 4.82. The zero-order valence-corrected chi connectivity index (χ0v) is 18.0. The smallest absolute Gasteiger partial charge is 0.309 e. The summed E-state index contributed by atoms with van der Waals surface area (Å²) < 4.78 is 106. The number of hydrogen-bond donors (Lipinski definition) is 0. The average Bonchev–Trinajstić information content (AvgIpc) is 3.08. The Kier molecular flexibility index (Phi) is 7.31. The molecule has 3 rings (SSSR count). The third kappa shape index (κ3) is 5.85. The van der Waals surface area contributed by atoms with Crippen LogP contribution in [-0.4, -0.2) is 52.0 Å². The van der Waals surface area contributed by atoms with Gasteiger partial charge in [-0.3, -0.25) is 14.7 Å². The molecule has 1 aliphatic rings. The number of urea groups is 1. The highest BCUT2D eigenvalue weighted by Gasteiger charge is 2.44. The number of rotatable bonds is 7. The second kappa shape index (κ2) is 9.74. The van der Waals surface area contributed by atoms with E-state index in [1.165, 1.54) is 6.92 Å². The van der Waals surface area contributed by atoms with Crippen molar-refractivity contribution in [2.45, 2.75) is 44.3 Å². The Morgan fingerprint density at radius 2 is 1.77 bits per heavy atom. The molecule has 14 heteroatoms. The summed E-state index contributed by atoms with van der Waals surface area (Å²) in [7, 11) is 0. The first-order valence-electron chi connectivity index (χ1n) is 10.2. The molecule has 35 heavy (non-hydrogen) atoms. The maximum Gasteiger partial charge on any atom is 0.417 e. The maximum atomic E-state index is 14.6. The average molecular weight is 510 g/mol. The number of carbonyl (C=O) groups excluding carboxylic acids is 2.